The Labute approximate surface area is 143 Å². The van der Waals surface area contributed by atoms with Gasteiger partial charge in [-0.3, -0.25) is 4.79 Å². The molecular weight excluding hydrogens is 306 g/mol. The van der Waals surface area contributed by atoms with Crippen molar-refractivity contribution in [2.24, 2.45) is 0 Å². The number of pyridine rings is 1. The van der Waals surface area contributed by atoms with Crippen molar-refractivity contribution in [3.05, 3.63) is 17.8 Å². The lowest BCUT2D eigenvalue weighted by molar-refractivity contribution is -0.121. The fraction of sp³-hybridized carbons (Fsp3) is 0.667. The SMILES string of the molecule is Cc1cc(NC(=O)COC[C@H]2CCCO2)cnc1N1CCCCC1. The van der Waals surface area contributed by atoms with E-state index in [1.54, 1.807) is 6.20 Å². The second kappa shape index (κ2) is 8.44. The highest BCUT2D eigenvalue weighted by Gasteiger charge is 2.17. The first kappa shape index (κ1) is 17.2. The molecule has 2 saturated heterocycles. The maximum absolute atomic E-state index is 12.0. The van der Waals surface area contributed by atoms with Crippen LogP contribution in [0.1, 0.15) is 37.7 Å². The number of hydrogen-bond donors (Lipinski definition) is 1. The van der Waals surface area contributed by atoms with Crippen LogP contribution < -0.4 is 10.2 Å². The summed E-state index contributed by atoms with van der Waals surface area (Å²) >= 11 is 0. The Morgan fingerprint density at radius 2 is 2.21 bits per heavy atom. The maximum atomic E-state index is 12.0. The number of ether oxygens (including phenoxy) is 2. The van der Waals surface area contributed by atoms with Gasteiger partial charge in [0.2, 0.25) is 5.91 Å². The molecule has 0 aromatic carbocycles. The number of hydrogen-bond acceptors (Lipinski definition) is 5. The van der Waals surface area contributed by atoms with Crippen molar-refractivity contribution in [3.8, 4) is 0 Å². The van der Waals surface area contributed by atoms with Gasteiger partial charge in [0.1, 0.15) is 12.4 Å². The first-order valence-electron chi connectivity index (χ1n) is 8.93. The third kappa shape index (κ3) is 4.68. The van der Waals surface area contributed by atoms with Crippen molar-refractivity contribution in [2.75, 3.05) is 43.1 Å². The smallest absolute Gasteiger partial charge is 0.250 e. The summed E-state index contributed by atoms with van der Waals surface area (Å²) in [6.45, 7) is 5.51. The van der Waals surface area contributed by atoms with Crippen LogP contribution in [-0.2, 0) is 14.3 Å². The molecular formula is C18H27N3O3. The number of rotatable bonds is 6. The summed E-state index contributed by atoms with van der Waals surface area (Å²) < 4.78 is 10.9. The lowest BCUT2D eigenvalue weighted by Gasteiger charge is -2.29. The van der Waals surface area contributed by atoms with E-state index in [0.717, 1.165) is 49.6 Å². The van der Waals surface area contributed by atoms with Crippen LogP contribution in [-0.4, -0.2) is 49.9 Å². The van der Waals surface area contributed by atoms with E-state index in [0.29, 0.717) is 6.61 Å². The molecule has 0 aliphatic carbocycles. The molecule has 0 radical (unpaired) electrons. The van der Waals surface area contributed by atoms with Crippen LogP contribution in [0.4, 0.5) is 11.5 Å². The summed E-state index contributed by atoms with van der Waals surface area (Å²) in [4.78, 5) is 18.8. The predicted molar refractivity (Wildman–Crippen MR) is 93.5 cm³/mol. The monoisotopic (exact) mass is 333 g/mol. The summed E-state index contributed by atoms with van der Waals surface area (Å²) in [5.41, 5.74) is 1.81. The molecule has 1 atom stereocenters. The highest BCUT2D eigenvalue weighted by Crippen LogP contribution is 2.23. The number of aryl methyl sites for hydroxylation is 1. The lowest BCUT2D eigenvalue weighted by atomic mass is 10.1. The highest BCUT2D eigenvalue weighted by molar-refractivity contribution is 5.91. The molecule has 24 heavy (non-hydrogen) atoms. The molecule has 2 aliphatic heterocycles. The number of amides is 1. The van der Waals surface area contributed by atoms with Gasteiger partial charge in [-0.1, -0.05) is 0 Å². The Balaban J connectivity index is 1.47. The molecule has 0 unspecified atom stereocenters. The van der Waals surface area contributed by atoms with E-state index in [1.807, 2.05) is 13.0 Å². The average molecular weight is 333 g/mol. The van der Waals surface area contributed by atoms with Crippen LogP contribution in [0.5, 0.6) is 0 Å². The molecule has 1 amide bonds. The van der Waals surface area contributed by atoms with Crippen molar-refractivity contribution in [1.29, 1.82) is 0 Å². The van der Waals surface area contributed by atoms with Crippen LogP contribution in [0.15, 0.2) is 12.3 Å². The Kier molecular flexibility index (Phi) is 6.04. The summed E-state index contributed by atoms with van der Waals surface area (Å²) in [6.07, 6.45) is 7.72. The largest absolute Gasteiger partial charge is 0.376 e. The van der Waals surface area contributed by atoms with Crippen molar-refractivity contribution < 1.29 is 14.3 Å². The van der Waals surface area contributed by atoms with Crippen LogP contribution in [0.2, 0.25) is 0 Å². The van der Waals surface area contributed by atoms with Crippen molar-refractivity contribution in [3.63, 3.8) is 0 Å². The van der Waals surface area contributed by atoms with Gasteiger partial charge in [0, 0.05) is 19.7 Å². The Hall–Kier alpha value is -1.66. The minimum absolute atomic E-state index is 0.0484. The number of aromatic nitrogens is 1. The van der Waals surface area contributed by atoms with Gasteiger partial charge >= 0.3 is 0 Å². The molecule has 6 heteroatoms. The molecule has 132 valence electrons. The molecule has 1 aromatic rings. The second-order valence-corrected chi connectivity index (χ2v) is 6.61. The Morgan fingerprint density at radius 3 is 2.92 bits per heavy atom. The fourth-order valence-corrected chi connectivity index (χ4v) is 3.33. The van der Waals surface area contributed by atoms with E-state index in [-0.39, 0.29) is 18.6 Å². The molecule has 0 saturated carbocycles. The molecule has 1 aromatic heterocycles. The van der Waals surface area contributed by atoms with Crippen molar-refractivity contribution in [1.82, 2.24) is 4.98 Å². The van der Waals surface area contributed by atoms with Crippen molar-refractivity contribution in [2.45, 2.75) is 45.1 Å². The molecule has 2 aliphatic rings. The van der Waals surface area contributed by atoms with Gasteiger partial charge in [0.05, 0.1) is 24.6 Å². The highest BCUT2D eigenvalue weighted by atomic mass is 16.5. The van der Waals surface area contributed by atoms with E-state index in [2.05, 4.69) is 15.2 Å². The van der Waals surface area contributed by atoms with Gasteiger partial charge in [0.15, 0.2) is 0 Å². The normalized spacial score (nSPS) is 21.0. The first-order chi connectivity index (χ1) is 11.7. The second-order valence-electron chi connectivity index (χ2n) is 6.61. The van der Waals surface area contributed by atoms with Crippen LogP contribution in [0.3, 0.4) is 0 Å². The van der Waals surface area contributed by atoms with Gasteiger partial charge in [-0.25, -0.2) is 4.98 Å². The molecule has 6 nitrogen and oxygen atoms in total. The minimum Gasteiger partial charge on any atom is -0.376 e. The minimum atomic E-state index is -0.153. The van der Waals surface area contributed by atoms with Gasteiger partial charge in [0.25, 0.3) is 0 Å². The van der Waals surface area contributed by atoms with Crippen LogP contribution in [0.25, 0.3) is 0 Å². The van der Waals surface area contributed by atoms with E-state index in [9.17, 15) is 4.79 Å². The van der Waals surface area contributed by atoms with E-state index < -0.39 is 0 Å². The lowest BCUT2D eigenvalue weighted by Crippen LogP contribution is -2.30. The average Bonchev–Trinajstić information content (AvgIpc) is 3.09. The third-order valence-corrected chi connectivity index (χ3v) is 4.55. The zero-order chi connectivity index (χ0) is 16.8. The summed E-state index contributed by atoms with van der Waals surface area (Å²) in [5.74, 6) is 0.877. The predicted octanol–water partition coefficient (Wildman–Crippen LogP) is 2.51. The topological polar surface area (TPSA) is 63.7 Å². The molecule has 3 rings (SSSR count). The molecule has 0 bridgehead atoms. The summed E-state index contributed by atoms with van der Waals surface area (Å²) in [5, 5.41) is 2.85. The van der Waals surface area contributed by atoms with Gasteiger partial charge in [-0.15, -0.1) is 0 Å². The third-order valence-electron chi connectivity index (χ3n) is 4.55. The first-order valence-corrected chi connectivity index (χ1v) is 8.93. The summed E-state index contributed by atoms with van der Waals surface area (Å²) in [7, 11) is 0. The number of piperidine rings is 1. The number of carbonyl (C=O) groups excluding carboxylic acids is 1. The van der Waals surface area contributed by atoms with Crippen LogP contribution >= 0.6 is 0 Å². The van der Waals surface area contributed by atoms with Gasteiger partial charge in [-0.2, -0.15) is 0 Å². The summed E-state index contributed by atoms with van der Waals surface area (Å²) in [6, 6.07) is 1.98. The van der Waals surface area contributed by atoms with Crippen molar-refractivity contribution >= 4 is 17.4 Å². The van der Waals surface area contributed by atoms with Gasteiger partial charge < -0.3 is 19.7 Å². The van der Waals surface area contributed by atoms with Gasteiger partial charge in [-0.05, 0) is 50.7 Å². The van der Waals surface area contributed by atoms with E-state index >= 15 is 0 Å². The number of nitrogens with zero attached hydrogens (tertiary/aromatic N) is 2. The maximum Gasteiger partial charge on any atom is 0.250 e. The number of carbonyl (C=O) groups is 1. The molecule has 2 fully saturated rings. The molecule has 3 heterocycles. The standard InChI is InChI=1S/C18H27N3O3/c1-14-10-15(11-19-18(14)21-7-3-2-4-8-21)20-17(22)13-23-12-16-6-5-9-24-16/h10-11,16H,2-9,12-13H2,1H3,(H,20,22)/t16-/m1/s1. The molecule has 0 spiro atoms. The molecule has 1 N–H and O–H groups in total. The Morgan fingerprint density at radius 1 is 1.38 bits per heavy atom. The zero-order valence-corrected chi connectivity index (χ0v) is 14.4. The van der Waals surface area contributed by atoms with E-state index in [4.69, 9.17) is 9.47 Å². The zero-order valence-electron chi connectivity index (χ0n) is 14.4. The fourth-order valence-electron chi connectivity index (χ4n) is 3.33. The quantitative estimate of drug-likeness (QED) is 0.867. The number of nitrogens with one attached hydrogen (secondary N) is 1. The van der Waals surface area contributed by atoms with Crippen LogP contribution in [0, 0.1) is 6.92 Å². The van der Waals surface area contributed by atoms with E-state index in [1.165, 1.54) is 19.3 Å². The Bertz CT molecular complexity index is 552. The number of anilines is 2.